The summed E-state index contributed by atoms with van der Waals surface area (Å²) in [5.41, 5.74) is 3.86. The van der Waals surface area contributed by atoms with Gasteiger partial charge in [0.2, 0.25) is 0 Å². The first-order valence-corrected chi connectivity index (χ1v) is 8.52. The van der Waals surface area contributed by atoms with Gasteiger partial charge < -0.3 is 10.1 Å². The molecule has 2 aromatic carbocycles. The number of para-hydroxylation sites is 1. The fourth-order valence-electron chi connectivity index (χ4n) is 3.37. The summed E-state index contributed by atoms with van der Waals surface area (Å²) in [4.78, 5) is 8.36. The third kappa shape index (κ3) is 3.24. The highest BCUT2D eigenvalue weighted by molar-refractivity contribution is 5.83. The molecule has 4 nitrogen and oxygen atoms in total. The van der Waals surface area contributed by atoms with Gasteiger partial charge in [-0.3, -0.25) is 0 Å². The Morgan fingerprint density at radius 3 is 2.71 bits per heavy atom. The summed E-state index contributed by atoms with van der Waals surface area (Å²) < 4.78 is 5.92. The van der Waals surface area contributed by atoms with Crippen LogP contribution in [0.4, 0.5) is 0 Å². The summed E-state index contributed by atoms with van der Waals surface area (Å²) in [5, 5.41) is 4.66. The topological polar surface area (TPSA) is 47.0 Å². The van der Waals surface area contributed by atoms with Crippen molar-refractivity contribution in [1.82, 2.24) is 15.3 Å². The van der Waals surface area contributed by atoms with Crippen LogP contribution in [0.1, 0.15) is 17.5 Å². The Morgan fingerprint density at radius 1 is 1.04 bits per heavy atom. The van der Waals surface area contributed by atoms with E-state index in [2.05, 4.69) is 39.6 Å². The number of benzene rings is 2. The predicted octanol–water partition coefficient (Wildman–Crippen LogP) is 3.16. The van der Waals surface area contributed by atoms with Crippen molar-refractivity contribution in [3.8, 4) is 5.75 Å². The Hall–Kier alpha value is -2.46. The normalized spacial score (nSPS) is 14.0. The van der Waals surface area contributed by atoms with Gasteiger partial charge in [-0.05, 0) is 43.0 Å². The molecule has 1 heterocycles. The van der Waals surface area contributed by atoms with Crippen molar-refractivity contribution in [1.29, 1.82) is 0 Å². The van der Waals surface area contributed by atoms with Crippen LogP contribution in [0.15, 0.2) is 55.0 Å². The number of nitrogens with one attached hydrogen (secondary N) is 1. The molecule has 0 unspecified atom stereocenters. The Balaban J connectivity index is 1.24. The Morgan fingerprint density at radius 2 is 1.88 bits per heavy atom. The summed E-state index contributed by atoms with van der Waals surface area (Å²) in [5.74, 6) is 0.836. The molecule has 0 radical (unpaired) electrons. The molecule has 0 bridgehead atoms. The van der Waals surface area contributed by atoms with E-state index in [4.69, 9.17) is 4.74 Å². The lowest BCUT2D eigenvalue weighted by molar-refractivity contribution is 0.307. The van der Waals surface area contributed by atoms with Crippen LogP contribution in [-0.2, 0) is 12.8 Å². The molecule has 1 aliphatic carbocycles. The minimum absolute atomic E-state index is 0.563. The zero-order valence-electron chi connectivity index (χ0n) is 13.6. The highest BCUT2D eigenvalue weighted by Gasteiger charge is 2.19. The molecule has 0 spiro atoms. The average molecular weight is 319 g/mol. The molecule has 0 amide bonds. The summed E-state index contributed by atoms with van der Waals surface area (Å²) in [6.45, 7) is 1.66. The van der Waals surface area contributed by atoms with Crippen LogP contribution in [0.2, 0.25) is 0 Å². The molecule has 0 aliphatic heterocycles. The van der Waals surface area contributed by atoms with E-state index in [0.29, 0.717) is 12.6 Å². The predicted molar refractivity (Wildman–Crippen MR) is 95.3 cm³/mol. The van der Waals surface area contributed by atoms with Crippen LogP contribution < -0.4 is 10.1 Å². The molecule has 122 valence electrons. The van der Waals surface area contributed by atoms with E-state index >= 15 is 0 Å². The van der Waals surface area contributed by atoms with Gasteiger partial charge in [-0.15, -0.1) is 0 Å². The van der Waals surface area contributed by atoms with Crippen LogP contribution in [-0.4, -0.2) is 29.2 Å². The van der Waals surface area contributed by atoms with Gasteiger partial charge in [0.05, 0.1) is 6.61 Å². The zero-order chi connectivity index (χ0) is 16.2. The molecule has 1 aromatic heterocycles. The first-order valence-electron chi connectivity index (χ1n) is 8.52. The van der Waals surface area contributed by atoms with E-state index in [1.54, 1.807) is 6.33 Å². The molecule has 4 rings (SSSR count). The summed E-state index contributed by atoms with van der Waals surface area (Å²) in [7, 11) is 0. The number of hydrogen-bond donors (Lipinski definition) is 1. The van der Waals surface area contributed by atoms with Gasteiger partial charge in [0.1, 0.15) is 17.6 Å². The van der Waals surface area contributed by atoms with Crippen molar-refractivity contribution in [3.05, 3.63) is 66.1 Å². The minimum atomic E-state index is 0.563. The van der Waals surface area contributed by atoms with Gasteiger partial charge in [0, 0.05) is 17.6 Å². The molecule has 0 fully saturated rings. The monoisotopic (exact) mass is 319 g/mol. The van der Waals surface area contributed by atoms with Crippen LogP contribution in [0.3, 0.4) is 0 Å². The Kier molecular flexibility index (Phi) is 4.38. The fraction of sp³-hybridized carbons (Fsp3) is 0.300. The Labute approximate surface area is 141 Å². The highest BCUT2D eigenvalue weighted by Crippen LogP contribution is 2.23. The van der Waals surface area contributed by atoms with Crippen molar-refractivity contribution in [2.75, 3.05) is 13.2 Å². The second kappa shape index (κ2) is 6.97. The van der Waals surface area contributed by atoms with Gasteiger partial charge in [0.15, 0.2) is 0 Å². The second-order valence-electron chi connectivity index (χ2n) is 6.25. The van der Waals surface area contributed by atoms with E-state index < -0.39 is 0 Å². The van der Waals surface area contributed by atoms with Crippen molar-refractivity contribution in [3.63, 3.8) is 0 Å². The van der Waals surface area contributed by atoms with Crippen molar-refractivity contribution < 1.29 is 4.74 Å². The quantitative estimate of drug-likeness (QED) is 0.709. The van der Waals surface area contributed by atoms with E-state index in [1.165, 1.54) is 11.1 Å². The van der Waals surface area contributed by atoms with Gasteiger partial charge >= 0.3 is 0 Å². The molecular formula is C20H21N3O. The first kappa shape index (κ1) is 15.1. The lowest BCUT2D eigenvalue weighted by Gasteiger charge is -2.12. The van der Waals surface area contributed by atoms with Crippen LogP contribution in [0.25, 0.3) is 10.9 Å². The lowest BCUT2D eigenvalue weighted by Crippen LogP contribution is -2.31. The van der Waals surface area contributed by atoms with Gasteiger partial charge in [-0.1, -0.05) is 36.4 Å². The SMILES string of the molecule is c1ccc2c(c1)CC(NCCCOc1cccc3cncnc13)C2. The van der Waals surface area contributed by atoms with Crippen molar-refractivity contribution >= 4 is 10.9 Å². The third-order valence-corrected chi connectivity index (χ3v) is 4.56. The van der Waals surface area contributed by atoms with Gasteiger partial charge in [0.25, 0.3) is 0 Å². The van der Waals surface area contributed by atoms with E-state index in [0.717, 1.165) is 42.5 Å². The second-order valence-corrected chi connectivity index (χ2v) is 6.25. The van der Waals surface area contributed by atoms with E-state index in [9.17, 15) is 0 Å². The molecule has 1 aliphatic rings. The number of hydrogen-bond acceptors (Lipinski definition) is 4. The zero-order valence-corrected chi connectivity index (χ0v) is 13.6. The summed E-state index contributed by atoms with van der Waals surface area (Å²) in [6, 6.07) is 15.2. The first-order chi connectivity index (χ1) is 11.9. The minimum Gasteiger partial charge on any atom is -0.491 e. The maximum atomic E-state index is 5.92. The molecule has 1 N–H and O–H groups in total. The number of nitrogens with zero attached hydrogens (tertiary/aromatic N) is 2. The van der Waals surface area contributed by atoms with Crippen molar-refractivity contribution in [2.24, 2.45) is 0 Å². The largest absolute Gasteiger partial charge is 0.491 e. The third-order valence-electron chi connectivity index (χ3n) is 4.56. The molecule has 0 saturated carbocycles. The smallest absolute Gasteiger partial charge is 0.145 e. The van der Waals surface area contributed by atoms with Crippen LogP contribution in [0, 0.1) is 0 Å². The van der Waals surface area contributed by atoms with Gasteiger partial charge in [-0.25, -0.2) is 9.97 Å². The molecule has 3 aromatic rings. The lowest BCUT2D eigenvalue weighted by atomic mass is 10.1. The standard InChI is InChI=1S/C20H21N3O/c1-2-6-16-12-18(11-15(16)5-1)22-9-4-10-24-19-8-3-7-17-13-21-14-23-20(17)19/h1-3,5-8,13-14,18,22H,4,9-12H2. The summed E-state index contributed by atoms with van der Waals surface area (Å²) >= 11 is 0. The van der Waals surface area contributed by atoms with Crippen molar-refractivity contribution in [2.45, 2.75) is 25.3 Å². The Bertz CT molecular complexity index is 803. The maximum absolute atomic E-state index is 5.92. The van der Waals surface area contributed by atoms with E-state index in [-0.39, 0.29) is 0 Å². The molecule has 24 heavy (non-hydrogen) atoms. The number of fused-ring (bicyclic) bond motifs is 2. The molecule has 0 atom stereocenters. The number of ether oxygens (including phenoxy) is 1. The number of aromatic nitrogens is 2. The maximum Gasteiger partial charge on any atom is 0.145 e. The summed E-state index contributed by atoms with van der Waals surface area (Å²) in [6.07, 6.45) is 6.63. The van der Waals surface area contributed by atoms with Crippen LogP contribution in [0.5, 0.6) is 5.75 Å². The van der Waals surface area contributed by atoms with Crippen LogP contribution >= 0.6 is 0 Å². The van der Waals surface area contributed by atoms with E-state index in [1.807, 2.05) is 24.4 Å². The highest BCUT2D eigenvalue weighted by atomic mass is 16.5. The molecule has 0 saturated heterocycles. The molecular weight excluding hydrogens is 298 g/mol. The van der Waals surface area contributed by atoms with Gasteiger partial charge in [-0.2, -0.15) is 0 Å². The number of rotatable bonds is 6. The fourth-order valence-corrected chi connectivity index (χ4v) is 3.37. The molecule has 4 heteroatoms. The average Bonchev–Trinajstić information content (AvgIpc) is 3.04.